The monoisotopic (exact) mass is 353 g/mol. The third-order valence-electron chi connectivity index (χ3n) is 3.76. The first-order chi connectivity index (χ1) is 12.6. The molecule has 0 amide bonds. The summed E-state index contributed by atoms with van der Waals surface area (Å²) in [6.07, 6.45) is 6.31. The second-order valence-electron chi connectivity index (χ2n) is 5.62. The molecule has 6 nitrogen and oxygen atoms in total. The maximum Gasteiger partial charge on any atom is 0.234 e. The molecule has 0 aliphatic heterocycles. The molecule has 3 aromatic heterocycles. The number of halogens is 2. The summed E-state index contributed by atoms with van der Waals surface area (Å²) in [5.74, 6) is -0.0871. The lowest BCUT2D eigenvalue weighted by molar-refractivity contribution is 0.289. The molecule has 0 saturated carbocycles. The van der Waals surface area contributed by atoms with Crippen LogP contribution in [0.3, 0.4) is 0 Å². The number of hydrogen-bond donors (Lipinski definition) is 1. The van der Waals surface area contributed by atoms with Crippen molar-refractivity contribution in [2.75, 3.05) is 5.73 Å². The molecule has 4 rings (SSSR count). The largest absolute Gasteiger partial charge is 0.471 e. The van der Waals surface area contributed by atoms with Gasteiger partial charge in [0.25, 0.3) is 0 Å². The zero-order valence-corrected chi connectivity index (χ0v) is 13.4. The van der Waals surface area contributed by atoms with Gasteiger partial charge in [0, 0.05) is 30.2 Å². The molecule has 0 saturated heterocycles. The van der Waals surface area contributed by atoms with Gasteiger partial charge < -0.3 is 10.5 Å². The molecule has 0 fully saturated rings. The van der Waals surface area contributed by atoms with Crippen LogP contribution in [0.2, 0.25) is 0 Å². The Morgan fingerprint density at radius 1 is 1.00 bits per heavy atom. The van der Waals surface area contributed by atoms with E-state index in [-0.39, 0.29) is 12.3 Å². The summed E-state index contributed by atoms with van der Waals surface area (Å²) in [6.45, 7) is 0.167. The van der Waals surface area contributed by atoms with Crippen LogP contribution in [0.25, 0.3) is 16.9 Å². The van der Waals surface area contributed by atoms with Gasteiger partial charge in [0.1, 0.15) is 18.2 Å². The molecule has 130 valence electrons. The predicted octanol–water partition coefficient (Wildman–Crippen LogP) is 3.23. The third-order valence-corrected chi connectivity index (χ3v) is 3.76. The second-order valence-corrected chi connectivity index (χ2v) is 5.62. The van der Waals surface area contributed by atoms with Crippen LogP contribution in [0, 0.1) is 11.6 Å². The molecule has 0 spiro atoms. The minimum absolute atomic E-state index is 0.0779. The Morgan fingerprint density at radius 3 is 2.65 bits per heavy atom. The molecule has 0 aliphatic rings. The number of nitrogen functional groups attached to an aromatic ring is 1. The van der Waals surface area contributed by atoms with Crippen molar-refractivity contribution in [3.8, 4) is 17.0 Å². The summed E-state index contributed by atoms with van der Waals surface area (Å²) in [5, 5.41) is 0. The van der Waals surface area contributed by atoms with Gasteiger partial charge in [0.15, 0.2) is 0 Å². The Morgan fingerprint density at radius 2 is 1.88 bits per heavy atom. The van der Waals surface area contributed by atoms with Crippen molar-refractivity contribution in [3.05, 3.63) is 72.4 Å². The van der Waals surface area contributed by atoms with Crippen LogP contribution in [-0.2, 0) is 6.61 Å². The van der Waals surface area contributed by atoms with Crippen LogP contribution >= 0.6 is 0 Å². The van der Waals surface area contributed by atoms with E-state index in [2.05, 4.69) is 15.0 Å². The maximum absolute atomic E-state index is 13.3. The number of nitrogens with two attached hydrogens (primary N) is 1. The minimum Gasteiger partial charge on any atom is -0.471 e. The number of ether oxygens (including phenoxy) is 1. The lowest BCUT2D eigenvalue weighted by Gasteiger charge is -2.04. The molecule has 0 bridgehead atoms. The molecule has 8 heteroatoms. The Balaban J connectivity index is 1.57. The zero-order chi connectivity index (χ0) is 18.1. The van der Waals surface area contributed by atoms with Crippen molar-refractivity contribution in [2.24, 2.45) is 0 Å². The molecule has 0 radical (unpaired) electrons. The second kappa shape index (κ2) is 6.40. The fourth-order valence-electron chi connectivity index (χ4n) is 2.47. The van der Waals surface area contributed by atoms with E-state index < -0.39 is 11.6 Å². The molecule has 26 heavy (non-hydrogen) atoms. The van der Waals surface area contributed by atoms with Crippen LogP contribution in [0.4, 0.5) is 14.5 Å². The first-order valence-electron chi connectivity index (χ1n) is 7.72. The summed E-state index contributed by atoms with van der Waals surface area (Å²) in [6, 6.07) is 7.22. The number of rotatable bonds is 4. The topological polar surface area (TPSA) is 78.3 Å². The van der Waals surface area contributed by atoms with Crippen LogP contribution in [-0.4, -0.2) is 19.4 Å². The number of nitrogens with zero attached hydrogens (tertiary/aromatic N) is 4. The summed E-state index contributed by atoms with van der Waals surface area (Å²) in [4.78, 5) is 12.5. The highest BCUT2D eigenvalue weighted by molar-refractivity contribution is 5.66. The Kier molecular flexibility index (Phi) is 3.92. The first kappa shape index (κ1) is 15.9. The van der Waals surface area contributed by atoms with E-state index in [1.165, 1.54) is 18.2 Å². The molecule has 0 atom stereocenters. The number of imidazole rings is 1. The van der Waals surface area contributed by atoms with Gasteiger partial charge in [-0.15, -0.1) is 0 Å². The standard InChI is InChI=1S/C18H13F2N5O/c19-13-2-4-17(22-7-13)26-10-14-9-25-8-12(6-23-18(25)24-14)11-1-3-15(20)16(21)5-11/h1-9H,10,21H2. The number of fused-ring (bicyclic) bond motifs is 1. The maximum atomic E-state index is 13.3. The Hall–Kier alpha value is -3.55. The Labute approximate surface area is 146 Å². The van der Waals surface area contributed by atoms with Gasteiger partial charge in [0.2, 0.25) is 11.7 Å². The number of hydrogen-bond acceptors (Lipinski definition) is 5. The third kappa shape index (κ3) is 3.16. The average molecular weight is 353 g/mol. The molecule has 0 aliphatic carbocycles. The highest BCUT2D eigenvalue weighted by Gasteiger charge is 2.08. The van der Waals surface area contributed by atoms with Gasteiger partial charge in [-0.25, -0.2) is 23.7 Å². The summed E-state index contributed by atoms with van der Waals surface area (Å²) in [7, 11) is 0. The van der Waals surface area contributed by atoms with Gasteiger partial charge >= 0.3 is 0 Å². The van der Waals surface area contributed by atoms with Gasteiger partial charge in [-0.2, -0.15) is 0 Å². The van der Waals surface area contributed by atoms with Gasteiger partial charge in [-0.1, -0.05) is 6.07 Å². The molecule has 3 heterocycles. The van der Waals surface area contributed by atoms with Crippen molar-refractivity contribution < 1.29 is 13.5 Å². The first-order valence-corrected chi connectivity index (χ1v) is 7.72. The zero-order valence-electron chi connectivity index (χ0n) is 13.4. The highest BCUT2D eigenvalue weighted by Crippen LogP contribution is 2.23. The normalized spacial score (nSPS) is 11.0. The number of benzene rings is 1. The molecular weight excluding hydrogens is 340 g/mol. The molecular formula is C18H13F2N5O. The van der Waals surface area contributed by atoms with E-state index in [4.69, 9.17) is 10.5 Å². The summed E-state index contributed by atoms with van der Waals surface area (Å²) < 4.78 is 33.4. The van der Waals surface area contributed by atoms with Crippen molar-refractivity contribution >= 4 is 11.5 Å². The summed E-state index contributed by atoms with van der Waals surface area (Å²) >= 11 is 0. The lowest BCUT2D eigenvalue weighted by Crippen LogP contribution is -1.97. The fourth-order valence-corrected chi connectivity index (χ4v) is 2.47. The van der Waals surface area contributed by atoms with Crippen molar-refractivity contribution in [2.45, 2.75) is 6.61 Å². The quantitative estimate of drug-likeness (QED) is 0.570. The fraction of sp³-hybridized carbons (Fsp3) is 0.0556. The van der Waals surface area contributed by atoms with Gasteiger partial charge in [-0.3, -0.25) is 4.40 Å². The van der Waals surface area contributed by atoms with Crippen molar-refractivity contribution in [1.82, 2.24) is 19.4 Å². The summed E-state index contributed by atoms with van der Waals surface area (Å²) in [5.41, 5.74) is 7.86. The predicted molar refractivity (Wildman–Crippen MR) is 91.3 cm³/mol. The van der Waals surface area contributed by atoms with Crippen LogP contribution < -0.4 is 10.5 Å². The molecule has 1 aromatic carbocycles. The molecule has 2 N–H and O–H groups in total. The average Bonchev–Trinajstić information content (AvgIpc) is 3.05. The number of pyridine rings is 1. The SMILES string of the molecule is Nc1cc(-c2cnc3nc(COc4ccc(F)cn4)cn3c2)ccc1F. The number of aromatic nitrogens is 4. The molecule has 0 unspecified atom stereocenters. The van der Waals surface area contributed by atoms with E-state index in [0.29, 0.717) is 17.4 Å². The minimum atomic E-state index is -0.459. The van der Waals surface area contributed by atoms with Crippen LogP contribution in [0.1, 0.15) is 5.69 Å². The van der Waals surface area contributed by atoms with Gasteiger partial charge in [0.05, 0.1) is 17.6 Å². The van der Waals surface area contributed by atoms with Crippen LogP contribution in [0.15, 0.2) is 55.1 Å². The highest BCUT2D eigenvalue weighted by atomic mass is 19.1. The van der Waals surface area contributed by atoms with E-state index >= 15 is 0 Å². The van der Waals surface area contributed by atoms with E-state index in [9.17, 15) is 8.78 Å². The van der Waals surface area contributed by atoms with E-state index in [1.807, 2.05) is 6.20 Å². The van der Waals surface area contributed by atoms with Crippen molar-refractivity contribution in [1.29, 1.82) is 0 Å². The van der Waals surface area contributed by atoms with E-state index in [0.717, 1.165) is 17.3 Å². The van der Waals surface area contributed by atoms with Crippen LogP contribution in [0.5, 0.6) is 5.88 Å². The smallest absolute Gasteiger partial charge is 0.234 e. The van der Waals surface area contributed by atoms with E-state index in [1.54, 1.807) is 28.9 Å². The van der Waals surface area contributed by atoms with Gasteiger partial charge in [-0.05, 0) is 23.8 Å². The lowest BCUT2D eigenvalue weighted by atomic mass is 10.1. The number of anilines is 1. The molecule has 4 aromatic rings. The Bertz CT molecular complexity index is 1080. The van der Waals surface area contributed by atoms with Crippen molar-refractivity contribution in [3.63, 3.8) is 0 Å².